The first-order chi connectivity index (χ1) is 11.8. The van der Waals surface area contributed by atoms with E-state index in [9.17, 15) is 10.5 Å². The van der Waals surface area contributed by atoms with E-state index in [0.29, 0.717) is 18.2 Å². The summed E-state index contributed by atoms with van der Waals surface area (Å²) < 4.78 is 2.83. The third-order valence-corrected chi connectivity index (χ3v) is 4.91. The van der Waals surface area contributed by atoms with Crippen molar-refractivity contribution in [3.8, 4) is 28.7 Å². The monoisotopic (exact) mass is 322 g/mol. The zero-order valence-electron chi connectivity index (χ0n) is 13.2. The second-order valence-electron chi connectivity index (χ2n) is 6.30. The van der Waals surface area contributed by atoms with Crippen molar-refractivity contribution in [2.45, 2.75) is 38.1 Å². The van der Waals surface area contributed by atoms with Crippen molar-refractivity contribution in [3.05, 3.63) is 31.0 Å². The molecule has 0 spiro atoms. The lowest BCUT2D eigenvalue weighted by atomic mass is 9.96. The van der Waals surface area contributed by atoms with E-state index < -0.39 is 0 Å². The Bertz CT molecular complexity index is 854. The fourth-order valence-electron chi connectivity index (χ4n) is 3.71. The highest BCUT2D eigenvalue weighted by Gasteiger charge is 2.27. The van der Waals surface area contributed by atoms with Gasteiger partial charge in [0.25, 0.3) is 0 Å². The Hall–Kier alpha value is -2.88. The molecular formula is C17H18N6O. The Balaban J connectivity index is 1.70. The van der Waals surface area contributed by atoms with Crippen molar-refractivity contribution >= 4 is 0 Å². The minimum absolute atomic E-state index is 0.117. The van der Waals surface area contributed by atoms with Gasteiger partial charge in [-0.25, -0.2) is 9.97 Å². The Kier molecular flexibility index (Phi) is 3.65. The highest BCUT2D eigenvalue weighted by molar-refractivity contribution is 5.77. The third kappa shape index (κ3) is 2.40. The number of rotatable bonds is 4. The van der Waals surface area contributed by atoms with Crippen LogP contribution in [0.1, 0.15) is 38.1 Å². The van der Waals surface area contributed by atoms with Crippen LogP contribution < -0.4 is 0 Å². The van der Waals surface area contributed by atoms with Gasteiger partial charge in [0.15, 0.2) is 5.82 Å². The number of nitriles is 1. The Morgan fingerprint density at radius 2 is 2.17 bits per heavy atom. The summed E-state index contributed by atoms with van der Waals surface area (Å²) in [4.78, 5) is 8.46. The molecule has 1 aromatic heterocycles. The Labute approximate surface area is 139 Å². The van der Waals surface area contributed by atoms with Gasteiger partial charge in [-0.1, -0.05) is 12.8 Å². The Morgan fingerprint density at radius 3 is 2.96 bits per heavy atom. The van der Waals surface area contributed by atoms with Crippen molar-refractivity contribution in [1.82, 2.24) is 24.5 Å². The predicted octanol–water partition coefficient (Wildman–Crippen LogP) is 3.13. The van der Waals surface area contributed by atoms with Crippen LogP contribution in [0, 0.1) is 17.2 Å². The lowest BCUT2D eigenvalue weighted by Crippen LogP contribution is -2.17. The van der Waals surface area contributed by atoms with E-state index in [4.69, 9.17) is 0 Å². The molecule has 1 aromatic rings. The molecule has 122 valence electrons. The molecule has 1 atom stereocenters. The number of nitrogens with zero attached hydrogens (tertiary/aromatic N) is 6. The normalized spacial score (nSPS) is 16.5. The average Bonchev–Trinajstić information content (AvgIpc) is 3.33. The molecule has 0 amide bonds. The van der Waals surface area contributed by atoms with Gasteiger partial charge in [-0.05, 0) is 24.8 Å². The predicted molar refractivity (Wildman–Crippen MR) is 86.3 cm³/mol. The third-order valence-electron chi connectivity index (χ3n) is 4.91. The highest BCUT2D eigenvalue weighted by atomic mass is 16.5. The van der Waals surface area contributed by atoms with Crippen LogP contribution in [-0.4, -0.2) is 29.7 Å². The molecule has 0 bridgehead atoms. The maximum absolute atomic E-state index is 9.77. The minimum atomic E-state index is 0.117. The van der Waals surface area contributed by atoms with Crippen molar-refractivity contribution in [3.63, 3.8) is 0 Å². The second-order valence-corrected chi connectivity index (χ2v) is 6.30. The van der Waals surface area contributed by atoms with Gasteiger partial charge in [-0.15, -0.1) is 0 Å². The first kappa shape index (κ1) is 14.7. The lowest BCUT2D eigenvalue weighted by molar-refractivity contribution is 0.183. The van der Waals surface area contributed by atoms with Crippen LogP contribution in [0.3, 0.4) is 0 Å². The fraction of sp³-hybridized carbons (Fsp3) is 0.412. The first-order valence-electron chi connectivity index (χ1n) is 8.20. The maximum atomic E-state index is 9.77. The average molecular weight is 322 g/mol. The molecule has 1 saturated carbocycles. The van der Waals surface area contributed by atoms with Crippen molar-refractivity contribution in [1.29, 1.82) is 5.26 Å². The van der Waals surface area contributed by atoms with Crippen molar-refractivity contribution < 1.29 is 5.21 Å². The molecule has 4 rings (SSSR count). The van der Waals surface area contributed by atoms with Crippen LogP contribution in [0.5, 0.6) is 0 Å². The molecule has 1 aliphatic carbocycles. The van der Waals surface area contributed by atoms with Gasteiger partial charge in [0, 0.05) is 23.5 Å². The summed E-state index contributed by atoms with van der Waals surface area (Å²) in [7, 11) is 0. The van der Waals surface area contributed by atoms with E-state index >= 15 is 0 Å². The van der Waals surface area contributed by atoms with E-state index in [1.807, 2.05) is 16.9 Å². The second kappa shape index (κ2) is 5.96. The summed E-state index contributed by atoms with van der Waals surface area (Å²) in [6.45, 7) is 0. The molecule has 2 aliphatic heterocycles. The fourth-order valence-corrected chi connectivity index (χ4v) is 3.71. The van der Waals surface area contributed by atoms with Gasteiger partial charge in [-0.2, -0.15) is 15.1 Å². The van der Waals surface area contributed by atoms with Crippen LogP contribution in [-0.2, 0) is 0 Å². The summed E-state index contributed by atoms with van der Waals surface area (Å²) in [6.07, 6.45) is 12.0. The van der Waals surface area contributed by atoms with E-state index in [1.165, 1.54) is 19.2 Å². The number of fused-ring (bicyclic) bond motifs is 1. The van der Waals surface area contributed by atoms with Crippen molar-refractivity contribution in [2.24, 2.45) is 5.92 Å². The summed E-state index contributed by atoms with van der Waals surface area (Å²) >= 11 is 0. The molecule has 3 heterocycles. The zero-order valence-corrected chi connectivity index (χ0v) is 13.2. The summed E-state index contributed by atoms with van der Waals surface area (Å²) in [5.74, 6) is 0.985. The molecule has 7 heteroatoms. The molecule has 3 aliphatic rings. The van der Waals surface area contributed by atoms with E-state index in [2.05, 4.69) is 21.1 Å². The number of hydrogen-bond donors (Lipinski definition) is 1. The van der Waals surface area contributed by atoms with E-state index in [-0.39, 0.29) is 6.04 Å². The summed E-state index contributed by atoms with van der Waals surface area (Å²) in [5, 5.41) is 23.5. The van der Waals surface area contributed by atoms with Crippen LogP contribution >= 0.6 is 0 Å². The lowest BCUT2D eigenvalue weighted by Gasteiger charge is -2.21. The minimum Gasteiger partial charge on any atom is -0.425 e. The van der Waals surface area contributed by atoms with Gasteiger partial charge in [-0.3, -0.25) is 4.68 Å². The van der Waals surface area contributed by atoms with Crippen LogP contribution in [0.25, 0.3) is 22.6 Å². The molecule has 0 saturated heterocycles. The molecule has 1 N–H and O–H groups in total. The molecule has 1 unspecified atom stereocenters. The zero-order chi connectivity index (χ0) is 16.5. The SMILES string of the molecule is N#CCC(C1CCCC1)n1cc(-c2ncn(O)c3nccc2-3)cn1. The van der Waals surface area contributed by atoms with Crippen LogP contribution in [0.2, 0.25) is 0 Å². The van der Waals surface area contributed by atoms with Gasteiger partial charge in [0.1, 0.15) is 6.33 Å². The largest absolute Gasteiger partial charge is 0.425 e. The summed E-state index contributed by atoms with van der Waals surface area (Å²) in [5.41, 5.74) is 2.38. The van der Waals surface area contributed by atoms with E-state index in [0.717, 1.165) is 34.4 Å². The smallest absolute Gasteiger partial charge is 0.179 e. The standard InChI is InChI=1S/C17H18N6O/c18-7-5-15(12-3-1-2-4-12)22-10-13(9-21-22)16-14-6-8-19-17(14)23(24)11-20-16/h6,8-12,15,24H,1-5H2. The van der Waals surface area contributed by atoms with Gasteiger partial charge >= 0.3 is 0 Å². The van der Waals surface area contributed by atoms with Gasteiger partial charge in [0.2, 0.25) is 0 Å². The number of aromatic nitrogens is 5. The van der Waals surface area contributed by atoms with Crippen LogP contribution in [0.15, 0.2) is 31.0 Å². The number of hydrogen-bond acceptors (Lipinski definition) is 5. The molecule has 1 fully saturated rings. The Morgan fingerprint density at radius 1 is 1.33 bits per heavy atom. The summed E-state index contributed by atoms with van der Waals surface area (Å²) in [6, 6.07) is 4.24. The van der Waals surface area contributed by atoms with E-state index in [1.54, 1.807) is 12.4 Å². The maximum Gasteiger partial charge on any atom is 0.179 e. The molecule has 24 heavy (non-hydrogen) atoms. The molecule has 0 aromatic carbocycles. The first-order valence-corrected chi connectivity index (χ1v) is 8.20. The van der Waals surface area contributed by atoms with Gasteiger partial charge in [0.05, 0.1) is 30.4 Å². The molecular weight excluding hydrogens is 304 g/mol. The molecule has 0 radical (unpaired) electrons. The van der Waals surface area contributed by atoms with Gasteiger partial charge < -0.3 is 5.21 Å². The highest BCUT2D eigenvalue weighted by Crippen LogP contribution is 2.37. The van der Waals surface area contributed by atoms with Crippen molar-refractivity contribution in [2.75, 3.05) is 0 Å². The van der Waals surface area contributed by atoms with Crippen LogP contribution in [0.4, 0.5) is 0 Å². The topological polar surface area (TPSA) is 92.5 Å². The quantitative estimate of drug-likeness (QED) is 0.745. The molecule has 7 nitrogen and oxygen atoms in total.